The zero-order valence-corrected chi connectivity index (χ0v) is 12.0. The number of rotatable bonds is 2. The number of fused-ring (bicyclic) bond motifs is 1. The number of hydrogen-bond donors (Lipinski definition) is 1. The first-order chi connectivity index (χ1) is 10.2. The van der Waals surface area contributed by atoms with Gasteiger partial charge in [0, 0.05) is 17.1 Å². The van der Waals surface area contributed by atoms with Crippen molar-refractivity contribution in [1.29, 1.82) is 0 Å². The van der Waals surface area contributed by atoms with Crippen LogP contribution in [0.15, 0.2) is 42.5 Å². The maximum atomic E-state index is 12.4. The Morgan fingerprint density at radius 3 is 2.76 bits per heavy atom. The third-order valence-electron chi connectivity index (χ3n) is 3.10. The van der Waals surface area contributed by atoms with Gasteiger partial charge in [0.05, 0.1) is 18.8 Å². The molecule has 0 atom stereocenters. The molecule has 0 fully saturated rings. The maximum absolute atomic E-state index is 12.4. The molecule has 1 aliphatic rings. The molecule has 0 bridgehead atoms. The average Bonchev–Trinajstić information content (AvgIpc) is 2.72. The van der Waals surface area contributed by atoms with Gasteiger partial charge in [-0.3, -0.25) is 4.79 Å². The van der Waals surface area contributed by atoms with Gasteiger partial charge in [-0.25, -0.2) is 0 Å². The molecular weight excluding hydrogens is 290 g/mol. The first-order valence-corrected chi connectivity index (χ1v) is 7.07. The van der Waals surface area contributed by atoms with Crippen molar-refractivity contribution in [2.75, 3.05) is 18.5 Å². The van der Waals surface area contributed by atoms with Crippen LogP contribution in [0.1, 0.15) is 16.8 Å². The lowest BCUT2D eigenvalue weighted by Gasteiger charge is -2.12. The number of para-hydroxylation sites is 1. The molecule has 5 heteroatoms. The maximum Gasteiger partial charge on any atom is 0.259 e. The predicted octanol–water partition coefficient (Wildman–Crippen LogP) is 3.75. The molecule has 1 N–H and O–H groups in total. The van der Waals surface area contributed by atoms with Gasteiger partial charge in [-0.2, -0.15) is 0 Å². The Morgan fingerprint density at radius 2 is 1.90 bits per heavy atom. The SMILES string of the molecule is O=C(Nc1cccc(Cl)c1)c1cccc2c1OCCCO2. The van der Waals surface area contributed by atoms with Gasteiger partial charge in [0.2, 0.25) is 0 Å². The summed E-state index contributed by atoms with van der Waals surface area (Å²) in [6.07, 6.45) is 0.796. The van der Waals surface area contributed by atoms with E-state index in [1.807, 2.05) is 0 Å². The Morgan fingerprint density at radius 1 is 1.10 bits per heavy atom. The van der Waals surface area contributed by atoms with Crippen LogP contribution in [-0.4, -0.2) is 19.1 Å². The zero-order valence-electron chi connectivity index (χ0n) is 11.3. The number of halogens is 1. The van der Waals surface area contributed by atoms with Gasteiger partial charge in [-0.15, -0.1) is 0 Å². The number of nitrogens with one attached hydrogen (secondary N) is 1. The van der Waals surface area contributed by atoms with Gasteiger partial charge in [0.1, 0.15) is 0 Å². The molecule has 4 nitrogen and oxygen atoms in total. The summed E-state index contributed by atoms with van der Waals surface area (Å²) in [6.45, 7) is 1.13. The molecule has 0 spiro atoms. The van der Waals surface area contributed by atoms with Gasteiger partial charge in [-0.1, -0.05) is 23.7 Å². The van der Waals surface area contributed by atoms with E-state index < -0.39 is 0 Å². The average molecular weight is 304 g/mol. The fourth-order valence-corrected chi connectivity index (χ4v) is 2.33. The van der Waals surface area contributed by atoms with Crippen LogP contribution >= 0.6 is 11.6 Å². The van der Waals surface area contributed by atoms with E-state index in [0.29, 0.717) is 41.0 Å². The standard InChI is InChI=1S/C16H14ClNO3/c17-11-4-1-5-12(10-11)18-16(19)13-6-2-7-14-15(13)21-9-3-8-20-14/h1-2,4-7,10H,3,8-9H2,(H,18,19). The molecule has 2 aromatic carbocycles. The summed E-state index contributed by atoms with van der Waals surface area (Å²) >= 11 is 5.92. The fourth-order valence-electron chi connectivity index (χ4n) is 2.14. The highest BCUT2D eigenvalue weighted by Gasteiger charge is 2.19. The first kappa shape index (κ1) is 13.8. The minimum atomic E-state index is -0.250. The molecule has 2 aromatic rings. The van der Waals surface area contributed by atoms with Crippen LogP contribution in [0.3, 0.4) is 0 Å². The van der Waals surface area contributed by atoms with E-state index in [9.17, 15) is 4.79 Å². The van der Waals surface area contributed by atoms with E-state index >= 15 is 0 Å². The predicted molar refractivity (Wildman–Crippen MR) is 81.5 cm³/mol. The minimum absolute atomic E-state index is 0.250. The third-order valence-corrected chi connectivity index (χ3v) is 3.33. The molecule has 0 saturated heterocycles. The Hall–Kier alpha value is -2.20. The van der Waals surface area contributed by atoms with Crippen molar-refractivity contribution < 1.29 is 14.3 Å². The lowest BCUT2D eigenvalue weighted by molar-refractivity contribution is 0.102. The number of carbonyl (C=O) groups excluding carboxylic acids is 1. The van der Waals surface area contributed by atoms with Gasteiger partial charge >= 0.3 is 0 Å². The molecule has 0 saturated carbocycles. The van der Waals surface area contributed by atoms with Crippen LogP contribution in [-0.2, 0) is 0 Å². The summed E-state index contributed by atoms with van der Waals surface area (Å²) in [5.41, 5.74) is 1.09. The first-order valence-electron chi connectivity index (χ1n) is 6.69. The Labute approximate surface area is 127 Å². The number of anilines is 1. The van der Waals surface area contributed by atoms with E-state index in [1.165, 1.54) is 0 Å². The number of benzene rings is 2. The highest BCUT2D eigenvalue weighted by Crippen LogP contribution is 2.33. The van der Waals surface area contributed by atoms with Crippen molar-refractivity contribution in [1.82, 2.24) is 0 Å². The molecule has 108 valence electrons. The monoisotopic (exact) mass is 303 g/mol. The van der Waals surface area contributed by atoms with Gasteiger partial charge in [0.25, 0.3) is 5.91 Å². The van der Waals surface area contributed by atoms with Crippen molar-refractivity contribution in [3.8, 4) is 11.5 Å². The lowest BCUT2D eigenvalue weighted by Crippen LogP contribution is -2.13. The Kier molecular flexibility index (Phi) is 3.97. The van der Waals surface area contributed by atoms with Crippen LogP contribution in [0.4, 0.5) is 5.69 Å². The Bertz CT molecular complexity index is 672. The van der Waals surface area contributed by atoms with Crippen LogP contribution in [0.2, 0.25) is 5.02 Å². The molecule has 0 aromatic heterocycles. The summed E-state index contributed by atoms with van der Waals surface area (Å²) in [5.74, 6) is 0.848. The minimum Gasteiger partial charge on any atom is -0.490 e. The normalized spacial score (nSPS) is 13.4. The molecule has 0 radical (unpaired) electrons. The largest absolute Gasteiger partial charge is 0.490 e. The van der Waals surface area contributed by atoms with Crippen LogP contribution in [0, 0.1) is 0 Å². The van der Waals surface area contributed by atoms with E-state index in [2.05, 4.69) is 5.32 Å². The molecule has 1 heterocycles. The second-order valence-corrected chi connectivity index (χ2v) is 5.08. The third kappa shape index (κ3) is 3.11. The summed E-state index contributed by atoms with van der Waals surface area (Å²) in [6, 6.07) is 12.3. The smallest absolute Gasteiger partial charge is 0.259 e. The molecule has 3 rings (SSSR count). The zero-order chi connectivity index (χ0) is 14.7. The van der Waals surface area contributed by atoms with Crippen molar-refractivity contribution in [2.24, 2.45) is 0 Å². The summed E-state index contributed by atoms with van der Waals surface area (Å²) in [5, 5.41) is 3.38. The Balaban J connectivity index is 1.88. The van der Waals surface area contributed by atoms with E-state index in [0.717, 1.165) is 6.42 Å². The molecule has 0 aliphatic carbocycles. The van der Waals surface area contributed by atoms with Crippen LogP contribution < -0.4 is 14.8 Å². The molecule has 1 amide bonds. The lowest BCUT2D eigenvalue weighted by atomic mass is 10.1. The summed E-state index contributed by atoms with van der Waals surface area (Å²) in [4.78, 5) is 12.4. The highest BCUT2D eigenvalue weighted by molar-refractivity contribution is 6.31. The second-order valence-electron chi connectivity index (χ2n) is 4.65. The van der Waals surface area contributed by atoms with Crippen molar-refractivity contribution in [3.63, 3.8) is 0 Å². The van der Waals surface area contributed by atoms with Gasteiger partial charge < -0.3 is 14.8 Å². The summed E-state index contributed by atoms with van der Waals surface area (Å²) in [7, 11) is 0. The second kappa shape index (κ2) is 6.06. The van der Waals surface area contributed by atoms with Crippen molar-refractivity contribution in [2.45, 2.75) is 6.42 Å². The molecular formula is C16H14ClNO3. The van der Waals surface area contributed by atoms with Gasteiger partial charge in [0.15, 0.2) is 11.5 Å². The topological polar surface area (TPSA) is 47.6 Å². The van der Waals surface area contributed by atoms with Crippen molar-refractivity contribution in [3.05, 3.63) is 53.1 Å². The van der Waals surface area contributed by atoms with E-state index in [1.54, 1.807) is 42.5 Å². The number of ether oxygens (including phenoxy) is 2. The van der Waals surface area contributed by atoms with Gasteiger partial charge in [-0.05, 0) is 30.3 Å². The highest BCUT2D eigenvalue weighted by atomic mass is 35.5. The summed E-state index contributed by atoms with van der Waals surface area (Å²) < 4.78 is 11.2. The number of carbonyl (C=O) groups is 1. The molecule has 0 unspecified atom stereocenters. The van der Waals surface area contributed by atoms with Crippen molar-refractivity contribution >= 4 is 23.2 Å². The number of amides is 1. The van der Waals surface area contributed by atoms with Crippen LogP contribution in [0.5, 0.6) is 11.5 Å². The van der Waals surface area contributed by atoms with E-state index in [-0.39, 0.29) is 5.91 Å². The molecule has 21 heavy (non-hydrogen) atoms. The van der Waals surface area contributed by atoms with Crippen LogP contribution in [0.25, 0.3) is 0 Å². The van der Waals surface area contributed by atoms with E-state index in [4.69, 9.17) is 21.1 Å². The fraction of sp³-hybridized carbons (Fsp3) is 0.188. The molecule has 1 aliphatic heterocycles. The quantitative estimate of drug-likeness (QED) is 0.919. The number of hydrogen-bond acceptors (Lipinski definition) is 3.